The lowest BCUT2D eigenvalue weighted by molar-refractivity contribution is 0.0739. The van der Waals surface area contributed by atoms with Gasteiger partial charge in [0.05, 0.1) is 21.2 Å². The first-order valence-electron chi connectivity index (χ1n) is 10.1. The third kappa shape index (κ3) is 3.30. The molecule has 4 N–H and O–H groups in total. The smallest absolute Gasteiger partial charge is 0.165 e. The van der Waals surface area contributed by atoms with Gasteiger partial charge in [-0.15, -0.1) is 0 Å². The predicted molar refractivity (Wildman–Crippen MR) is 121 cm³/mol. The van der Waals surface area contributed by atoms with Crippen LogP contribution in [0.2, 0.25) is 0 Å². The van der Waals surface area contributed by atoms with E-state index in [1.54, 1.807) is 30.8 Å². The van der Waals surface area contributed by atoms with Gasteiger partial charge in [-0.25, -0.2) is 4.98 Å². The maximum atomic E-state index is 10.2. The minimum atomic E-state index is -0.972. The summed E-state index contributed by atoms with van der Waals surface area (Å²) in [5.74, 6) is 1.06. The van der Waals surface area contributed by atoms with E-state index in [9.17, 15) is 5.11 Å². The molecule has 29 heavy (non-hydrogen) atoms. The Bertz CT molecular complexity index is 1060. The van der Waals surface area contributed by atoms with E-state index >= 15 is 0 Å². The maximum absolute atomic E-state index is 10.2. The summed E-state index contributed by atoms with van der Waals surface area (Å²) in [7, 11) is 0. The summed E-state index contributed by atoms with van der Waals surface area (Å²) in [5, 5.41) is 18.4. The van der Waals surface area contributed by atoms with Crippen LogP contribution in [0.5, 0.6) is 0 Å². The van der Waals surface area contributed by atoms with E-state index in [1.165, 1.54) is 12.8 Å². The molecule has 2 aliphatic heterocycles. The highest BCUT2D eigenvalue weighted by Gasteiger charge is 2.36. The van der Waals surface area contributed by atoms with Crippen LogP contribution in [0, 0.1) is 3.57 Å². The molecule has 3 aromatic heterocycles. The first-order chi connectivity index (χ1) is 13.8. The highest BCUT2D eigenvalue weighted by Crippen LogP contribution is 2.40. The van der Waals surface area contributed by atoms with E-state index in [-0.39, 0.29) is 0 Å². The molecule has 2 bridgehead atoms. The molecule has 0 aromatic carbocycles. The van der Waals surface area contributed by atoms with Crippen LogP contribution in [-0.4, -0.2) is 36.8 Å². The van der Waals surface area contributed by atoms with Crippen LogP contribution in [-0.2, 0) is 5.60 Å². The Balaban J connectivity index is 1.58. The third-order valence-corrected chi connectivity index (χ3v) is 7.31. The second kappa shape index (κ2) is 6.88. The zero-order valence-corrected chi connectivity index (χ0v) is 18.7. The number of hydrogen-bond donors (Lipinski definition) is 3. The summed E-state index contributed by atoms with van der Waals surface area (Å²) in [6.45, 7) is 3.46. The zero-order valence-electron chi connectivity index (χ0n) is 16.6. The second-order valence-electron chi connectivity index (χ2n) is 8.79. The summed E-state index contributed by atoms with van der Waals surface area (Å²) < 4.78 is 2.73. The highest BCUT2D eigenvalue weighted by atomic mass is 127. The summed E-state index contributed by atoms with van der Waals surface area (Å²) in [4.78, 5) is 9.51. The maximum Gasteiger partial charge on any atom is 0.165 e. The molecule has 8 heteroatoms. The number of anilines is 1. The fourth-order valence-electron chi connectivity index (χ4n) is 4.68. The first-order valence-corrected chi connectivity index (χ1v) is 11.2. The Labute approximate surface area is 183 Å². The number of nitrogens with zero attached hydrogens (tertiary/aromatic N) is 4. The van der Waals surface area contributed by atoms with E-state index in [2.05, 4.69) is 38.0 Å². The molecule has 3 atom stereocenters. The first kappa shape index (κ1) is 19.2. The largest absolute Gasteiger partial charge is 0.384 e. The molecule has 3 aromatic rings. The van der Waals surface area contributed by atoms with Crippen LogP contribution in [0.3, 0.4) is 0 Å². The van der Waals surface area contributed by atoms with Crippen LogP contribution < -0.4 is 11.1 Å². The van der Waals surface area contributed by atoms with Gasteiger partial charge in [0.2, 0.25) is 0 Å². The third-order valence-electron chi connectivity index (χ3n) is 6.21. The van der Waals surface area contributed by atoms with Crippen LogP contribution >= 0.6 is 22.6 Å². The number of piperidine rings is 1. The molecule has 0 amide bonds. The molecule has 0 spiro atoms. The second-order valence-corrected chi connectivity index (χ2v) is 9.87. The lowest BCUT2D eigenvalue weighted by Gasteiger charge is -2.29. The van der Waals surface area contributed by atoms with Crippen molar-refractivity contribution in [1.82, 2.24) is 24.9 Å². The van der Waals surface area contributed by atoms with E-state index < -0.39 is 5.60 Å². The van der Waals surface area contributed by atoms with Gasteiger partial charge in [0.1, 0.15) is 11.4 Å². The normalized spacial score (nSPS) is 24.3. The molecule has 0 aliphatic carbocycles. The minimum Gasteiger partial charge on any atom is -0.384 e. The van der Waals surface area contributed by atoms with E-state index in [0.29, 0.717) is 29.5 Å². The molecular formula is C21H25IN6O. The number of rotatable bonds is 3. The number of nitrogens with two attached hydrogens (primary N) is 1. The van der Waals surface area contributed by atoms with Crippen molar-refractivity contribution in [1.29, 1.82) is 0 Å². The highest BCUT2D eigenvalue weighted by molar-refractivity contribution is 14.1. The SMILES string of the molecule is CC(C)(O)c1ccc(-c2cnn3c(N)c(I)c(C4CC5CC[C@H](C4)N5)nc23)cn1. The predicted octanol–water partition coefficient (Wildman–Crippen LogP) is 3.20. The quantitative estimate of drug-likeness (QED) is 0.474. The van der Waals surface area contributed by atoms with Gasteiger partial charge < -0.3 is 16.2 Å². The van der Waals surface area contributed by atoms with Gasteiger partial charge in [-0.1, -0.05) is 6.07 Å². The number of aromatic nitrogens is 4. The molecule has 7 nitrogen and oxygen atoms in total. The van der Waals surface area contributed by atoms with Crippen molar-refractivity contribution in [3.8, 4) is 11.1 Å². The summed E-state index contributed by atoms with van der Waals surface area (Å²) >= 11 is 2.32. The summed E-state index contributed by atoms with van der Waals surface area (Å²) in [5.41, 5.74) is 9.81. The van der Waals surface area contributed by atoms with Crippen molar-refractivity contribution in [2.24, 2.45) is 0 Å². The van der Waals surface area contributed by atoms with Gasteiger partial charge in [0.15, 0.2) is 5.65 Å². The summed E-state index contributed by atoms with van der Waals surface area (Å²) in [6.07, 6.45) is 8.30. The molecule has 2 unspecified atom stereocenters. The van der Waals surface area contributed by atoms with Gasteiger partial charge in [-0.05, 0) is 68.2 Å². The average Bonchev–Trinajstić information content (AvgIpc) is 3.26. The Morgan fingerprint density at radius 3 is 2.55 bits per heavy atom. The monoisotopic (exact) mass is 504 g/mol. The van der Waals surface area contributed by atoms with E-state index in [0.717, 1.165) is 38.9 Å². The summed E-state index contributed by atoms with van der Waals surface area (Å²) in [6, 6.07) is 4.99. The molecule has 2 fully saturated rings. The van der Waals surface area contributed by atoms with Crippen LogP contribution in [0.4, 0.5) is 5.82 Å². The molecular weight excluding hydrogens is 479 g/mol. The molecule has 152 valence electrons. The van der Waals surface area contributed by atoms with Crippen molar-refractivity contribution >= 4 is 34.1 Å². The van der Waals surface area contributed by atoms with E-state index in [1.807, 2.05) is 12.1 Å². The number of nitrogen functional groups attached to an aromatic ring is 1. The Morgan fingerprint density at radius 2 is 1.93 bits per heavy atom. The van der Waals surface area contributed by atoms with Crippen molar-refractivity contribution in [3.63, 3.8) is 0 Å². The molecule has 5 rings (SSSR count). The zero-order chi connectivity index (χ0) is 20.3. The van der Waals surface area contributed by atoms with Crippen LogP contribution in [0.15, 0.2) is 24.5 Å². The number of aliphatic hydroxyl groups is 1. The lowest BCUT2D eigenvalue weighted by Crippen LogP contribution is -2.37. The fraction of sp³-hybridized carbons (Fsp3) is 0.476. The van der Waals surface area contributed by atoms with Gasteiger partial charge in [0.25, 0.3) is 0 Å². The van der Waals surface area contributed by atoms with Crippen molar-refractivity contribution in [3.05, 3.63) is 39.5 Å². The Morgan fingerprint density at radius 1 is 1.21 bits per heavy atom. The number of hydrogen-bond acceptors (Lipinski definition) is 6. The van der Waals surface area contributed by atoms with E-state index in [4.69, 9.17) is 10.7 Å². The van der Waals surface area contributed by atoms with Gasteiger partial charge in [-0.3, -0.25) is 4.98 Å². The molecule has 0 radical (unpaired) electrons. The lowest BCUT2D eigenvalue weighted by atomic mass is 9.89. The average molecular weight is 504 g/mol. The van der Waals surface area contributed by atoms with Crippen LogP contribution in [0.1, 0.15) is 56.8 Å². The van der Waals surface area contributed by atoms with Crippen molar-refractivity contribution < 1.29 is 5.11 Å². The topological polar surface area (TPSA) is 101 Å². The number of pyridine rings is 1. The molecule has 5 heterocycles. The Kier molecular flexibility index (Phi) is 4.56. The van der Waals surface area contributed by atoms with Crippen molar-refractivity contribution in [2.75, 3.05) is 5.73 Å². The number of fused-ring (bicyclic) bond motifs is 3. The van der Waals surface area contributed by atoms with Crippen molar-refractivity contribution in [2.45, 2.75) is 63.1 Å². The molecule has 0 saturated carbocycles. The molecule has 2 aliphatic rings. The van der Waals surface area contributed by atoms with Crippen LogP contribution in [0.25, 0.3) is 16.8 Å². The minimum absolute atomic E-state index is 0.423. The molecule has 2 saturated heterocycles. The van der Waals surface area contributed by atoms with Gasteiger partial charge >= 0.3 is 0 Å². The fourth-order valence-corrected chi connectivity index (χ4v) is 5.47. The number of nitrogens with one attached hydrogen (secondary N) is 1. The standard InChI is InChI=1S/C21H25IN6O/c1-21(2,29)16-6-3-11(9-24-16)15-10-25-28-19(23)17(22)18(27-20(15)28)12-7-13-4-5-14(8-12)26-13/h3,6,9-10,12-14,26,29H,4-5,7-8,23H2,1-2H3/t12?,13-,14?/m1/s1. The van der Waals surface area contributed by atoms with Gasteiger partial charge in [0, 0.05) is 35.3 Å². The number of halogens is 1. The Hall–Kier alpha value is -1.78. The van der Waals surface area contributed by atoms with Gasteiger partial charge in [-0.2, -0.15) is 9.61 Å².